The summed E-state index contributed by atoms with van der Waals surface area (Å²) >= 11 is 0. The first kappa shape index (κ1) is 18.4. The third kappa shape index (κ3) is 8.60. The first-order valence-electron chi connectivity index (χ1n) is 7.64. The van der Waals surface area contributed by atoms with Crippen molar-refractivity contribution in [2.24, 2.45) is 5.92 Å². The minimum Gasteiger partial charge on any atom is -0.487 e. The van der Waals surface area contributed by atoms with Gasteiger partial charge in [-0.25, -0.2) is 8.78 Å². The van der Waals surface area contributed by atoms with Crippen molar-refractivity contribution in [1.29, 1.82) is 0 Å². The fraction of sp³-hybridized carbons (Fsp3) is 0.588. The van der Waals surface area contributed by atoms with Crippen LogP contribution in [0.25, 0.3) is 0 Å². The topological polar surface area (TPSA) is 46.5 Å². The van der Waals surface area contributed by atoms with Gasteiger partial charge in [-0.2, -0.15) is 0 Å². The van der Waals surface area contributed by atoms with Crippen LogP contribution in [0.2, 0.25) is 0 Å². The molecule has 22 heavy (non-hydrogen) atoms. The maximum Gasteiger partial charge on any atom is 0.300 e. The summed E-state index contributed by atoms with van der Waals surface area (Å²) in [6.07, 6.45) is 5.23. The molecule has 124 valence electrons. The minimum atomic E-state index is -2.71. The lowest BCUT2D eigenvalue weighted by molar-refractivity contribution is -0.134. The van der Waals surface area contributed by atoms with Crippen molar-refractivity contribution < 1.29 is 23.4 Å². The van der Waals surface area contributed by atoms with E-state index in [0.717, 1.165) is 19.8 Å². The van der Waals surface area contributed by atoms with E-state index in [1.54, 1.807) is 24.3 Å². The third-order valence-corrected chi connectivity index (χ3v) is 3.59. The summed E-state index contributed by atoms with van der Waals surface area (Å²) in [7, 11) is 0. The number of para-hydroxylation sites is 1. The second kappa shape index (κ2) is 9.38. The molecule has 0 spiro atoms. The Morgan fingerprint density at radius 1 is 1.27 bits per heavy atom. The predicted molar refractivity (Wildman–Crippen MR) is 81.4 cm³/mol. The number of ether oxygens (including phenoxy) is 1. The van der Waals surface area contributed by atoms with Crippen LogP contribution in [0.5, 0.6) is 5.75 Å². The number of hydrogen-bond donors (Lipinski definition) is 1. The number of hydrogen-bond acceptors (Lipinski definition) is 2. The molecule has 0 unspecified atom stereocenters. The molecule has 0 radical (unpaired) electrons. The molecule has 1 aromatic carbocycles. The van der Waals surface area contributed by atoms with Crippen LogP contribution in [0.4, 0.5) is 8.78 Å². The SMILES string of the molecule is CC(=O)O.FC(F)(CCC1CCCC1)COc1ccccc1. The molecule has 0 bridgehead atoms. The van der Waals surface area contributed by atoms with E-state index in [2.05, 4.69) is 0 Å². The van der Waals surface area contributed by atoms with Crippen molar-refractivity contribution in [1.82, 2.24) is 0 Å². The second-order valence-corrected chi connectivity index (χ2v) is 5.67. The Morgan fingerprint density at radius 3 is 2.36 bits per heavy atom. The fourth-order valence-corrected chi connectivity index (χ4v) is 2.49. The molecular formula is C17H24F2O3. The lowest BCUT2D eigenvalue weighted by Crippen LogP contribution is -2.26. The first-order chi connectivity index (χ1) is 10.4. The van der Waals surface area contributed by atoms with Crippen molar-refractivity contribution in [3.05, 3.63) is 30.3 Å². The van der Waals surface area contributed by atoms with E-state index in [0.29, 0.717) is 18.1 Å². The maximum absolute atomic E-state index is 13.6. The summed E-state index contributed by atoms with van der Waals surface area (Å²) in [5, 5.41) is 7.42. The largest absolute Gasteiger partial charge is 0.487 e. The van der Waals surface area contributed by atoms with Gasteiger partial charge in [0.05, 0.1) is 0 Å². The van der Waals surface area contributed by atoms with Crippen molar-refractivity contribution in [2.45, 2.75) is 51.4 Å². The highest BCUT2D eigenvalue weighted by Crippen LogP contribution is 2.32. The second-order valence-electron chi connectivity index (χ2n) is 5.67. The van der Waals surface area contributed by atoms with E-state index < -0.39 is 18.5 Å². The Kier molecular flexibility index (Phi) is 7.85. The van der Waals surface area contributed by atoms with Crippen LogP contribution in [0.3, 0.4) is 0 Å². The molecule has 1 fully saturated rings. The molecule has 0 heterocycles. The van der Waals surface area contributed by atoms with E-state index in [4.69, 9.17) is 14.6 Å². The molecule has 1 N–H and O–H groups in total. The number of aliphatic carboxylic acids is 1. The minimum absolute atomic E-state index is 0.0511. The Balaban J connectivity index is 0.000000541. The summed E-state index contributed by atoms with van der Waals surface area (Å²) in [5.41, 5.74) is 0. The fourth-order valence-electron chi connectivity index (χ4n) is 2.49. The Morgan fingerprint density at radius 2 is 1.82 bits per heavy atom. The number of carbonyl (C=O) groups is 1. The van der Waals surface area contributed by atoms with E-state index in [9.17, 15) is 8.78 Å². The van der Waals surface area contributed by atoms with Crippen molar-refractivity contribution in [3.63, 3.8) is 0 Å². The lowest BCUT2D eigenvalue weighted by Gasteiger charge is -2.19. The molecule has 0 aliphatic heterocycles. The van der Waals surface area contributed by atoms with E-state index in [-0.39, 0.29) is 6.42 Å². The number of carboxylic acid groups (broad SMARTS) is 1. The van der Waals surface area contributed by atoms with Crippen LogP contribution in [0.1, 0.15) is 45.4 Å². The molecule has 1 aliphatic carbocycles. The summed E-state index contributed by atoms with van der Waals surface area (Å²) in [6.45, 7) is 0.573. The summed E-state index contributed by atoms with van der Waals surface area (Å²) < 4.78 is 32.4. The van der Waals surface area contributed by atoms with Crippen LogP contribution < -0.4 is 4.74 Å². The highest BCUT2D eigenvalue weighted by Gasteiger charge is 2.31. The number of carboxylic acids is 1. The maximum atomic E-state index is 13.6. The number of benzene rings is 1. The molecule has 0 amide bonds. The van der Waals surface area contributed by atoms with Crippen LogP contribution in [0.15, 0.2) is 30.3 Å². The van der Waals surface area contributed by atoms with Crippen molar-refractivity contribution >= 4 is 5.97 Å². The third-order valence-electron chi connectivity index (χ3n) is 3.59. The molecule has 1 aromatic rings. The zero-order valence-corrected chi connectivity index (χ0v) is 12.9. The molecule has 5 heteroatoms. The summed E-state index contributed by atoms with van der Waals surface area (Å²) in [5.74, 6) is -2.52. The summed E-state index contributed by atoms with van der Waals surface area (Å²) in [6, 6.07) is 8.81. The molecule has 0 atom stereocenters. The van der Waals surface area contributed by atoms with Crippen LogP contribution in [-0.2, 0) is 4.79 Å². The first-order valence-corrected chi connectivity index (χ1v) is 7.64. The van der Waals surface area contributed by atoms with E-state index >= 15 is 0 Å². The highest BCUT2D eigenvalue weighted by atomic mass is 19.3. The van der Waals surface area contributed by atoms with Gasteiger partial charge in [0.1, 0.15) is 5.75 Å². The predicted octanol–water partition coefficient (Wildman–Crippen LogP) is 4.76. The molecule has 0 saturated heterocycles. The average Bonchev–Trinajstić information content (AvgIpc) is 2.97. The van der Waals surface area contributed by atoms with Gasteiger partial charge in [0.25, 0.3) is 11.9 Å². The molecular weight excluding hydrogens is 290 g/mol. The number of alkyl halides is 2. The van der Waals surface area contributed by atoms with Gasteiger partial charge in [-0.15, -0.1) is 0 Å². The number of halogens is 2. The van der Waals surface area contributed by atoms with E-state index in [1.807, 2.05) is 6.07 Å². The molecule has 1 saturated carbocycles. The van der Waals surface area contributed by atoms with Gasteiger partial charge in [-0.3, -0.25) is 4.79 Å². The van der Waals surface area contributed by atoms with Crippen LogP contribution >= 0.6 is 0 Å². The van der Waals surface area contributed by atoms with Gasteiger partial charge in [-0.05, 0) is 24.5 Å². The molecule has 1 aliphatic rings. The van der Waals surface area contributed by atoms with Gasteiger partial charge < -0.3 is 9.84 Å². The zero-order valence-electron chi connectivity index (χ0n) is 12.9. The van der Waals surface area contributed by atoms with Crippen molar-refractivity contribution in [3.8, 4) is 5.75 Å². The van der Waals surface area contributed by atoms with E-state index in [1.165, 1.54) is 12.8 Å². The average molecular weight is 314 g/mol. The smallest absolute Gasteiger partial charge is 0.300 e. The quantitative estimate of drug-likeness (QED) is 0.823. The van der Waals surface area contributed by atoms with Gasteiger partial charge in [-0.1, -0.05) is 43.9 Å². The lowest BCUT2D eigenvalue weighted by atomic mass is 9.99. The standard InChI is InChI=1S/C15H20F2O.C2H4O2/c16-15(17,11-10-13-6-4-5-7-13)12-18-14-8-2-1-3-9-14;1-2(3)4/h1-3,8-9,13H,4-7,10-12H2;1H3,(H,3,4). The van der Waals surface area contributed by atoms with Gasteiger partial charge in [0.15, 0.2) is 6.61 Å². The van der Waals surface area contributed by atoms with Gasteiger partial charge >= 0.3 is 0 Å². The Labute approximate surface area is 130 Å². The van der Waals surface area contributed by atoms with Crippen LogP contribution in [-0.4, -0.2) is 23.6 Å². The summed E-state index contributed by atoms with van der Waals surface area (Å²) in [4.78, 5) is 9.00. The normalized spacial score (nSPS) is 15.0. The van der Waals surface area contributed by atoms with Gasteiger partial charge in [0.2, 0.25) is 0 Å². The van der Waals surface area contributed by atoms with Crippen molar-refractivity contribution in [2.75, 3.05) is 6.61 Å². The number of rotatable bonds is 6. The monoisotopic (exact) mass is 314 g/mol. The van der Waals surface area contributed by atoms with Crippen LogP contribution in [0, 0.1) is 5.92 Å². The molecule has 2 rings (SSSR count). The Hall–Kier alpha value is -1.65. The van der Waals surface area contributed by atoms with Gasteiger partial charge in [0, 0.05) is 13.3 Å². The molecule has 0 aromatic heterocycles. The Bertz CT molecular complexity index is 425. The zero-order chi connectivity index (χ0) is 16.4. The molecule has 3 nitrogen and oxygen atoms in total. The highest BCUT2D eigenvalue weighted by molar-refractivity contribution is 5.62.